The number of halogens is 1. The topological polar surface area (TPSA) is 64.1 Å². The Labute approximate surface area is 164 Å². The Bertz CT molecular complexity index is 883. The van der Waals surface area contributed by atoms with Crippen molar-refractivity contribution < 1.29 is 9.53 Å². The SMILES string of the molecule is CCc1sc2ncnc(NC(Cc3ccccc3)C(=O)OC)c2c1I. The fourth-order valence-electron chi connectivity index (χ4n) is 2.63. The number of aryl methyl sites for hydroxylation is 1. The number of nitrogens with one attached hydrogen (secondary N) is 1. The predicted molar refractivity (Wildman–Crippen MR) is 109 cm³/mol. The van der Waals surface area contributed by atoms with E-state index in [9.17, 15) is 4.79 Å². The highest BCUT2D eigenvalue weighted by Crippen LogP contribution is 2.35. The second-order valence-corrected chi connectivity index (χ2v) is 7.67. The zero-order chi connectivity index (χ0) is 17.8. The number of aromatic nitrogens is 2. The van der Waals surface area contributed by atoms with Gasteiger partial charge in [0.2, 0.25) is 0 Å². The van der Waals surface area contributed by atoms with Crippen LogP contribution < -0.4 is 5.32 Å². The van der Waals surface area contributed by atoms with Gasteiger partial charge in [-0.25, -0.2) is 14.8 Å². The van der Waals surface area contributed by atoms with Crippen molar-refractivity contribution in [2.45, 2.75) is 25.8 Å². The summed E-state index contributed by atoms with van der Waals surface area (Å²) >= 11 is 4.00. The molecule has 0 fully saturated rings. The minimum absolute atomic E-state index is 0.309. The molecule has 0 aliphatic heterocycles. The van der Waals surface area contributed by atoms with Gasteiger partial charge >= 0.3 is 5.97 Å². The van der Waals surface area contributed by atoms with Crippen LogP contribution in [0.2, 0.25) is 0 Å². The molecule has 0 saturated carbocycles. The number of hydrogen-bond acceptors (Lipinski definition) is 6. The number of carbonyl (C=O) groups excluding carboxylic acids is 1. The van der Waals surface area contributed by atoms with E-state index in [0.29, 0.717) is 12.2 Å². The largest absolute Gasteiger partial charge is 0.467 e. The Morgan fingerprint density at radius 2 is 2.08 bits per heavy atom. The van der Waals surface area contributed by atoms with E-state index in [-0.39, 0.29) is 5.97 Å². The second-order valence-electron chi connectivity index (χ2n) is 5.51. The molecule has 0 bridgehead atoms. The molecular weight excluding hydrogens is 449 g/mol. The number of anilines is 1. The molecule has 2 heterocycles. The molecule has 25 heavy (non-hydrogen) atoms. The molecule has 0 radical (unpaired) electrons. The van der Waals surface area contributed by atoms with E-state index in [4.69, 9.17) is 4.74 Å². The molecule has 2 aromatic heterocycles. The van der Waals surface area contributed by atoms with Gasteiger partial charge in [0.25, 0.3) is 0 Å². The van der Waals surface area contributed by atoms with E-state index >= 15 is 0 Å². The van der Waals surface area contributed by atoms with Crippen molar-refractivity contribution in [2.24, 2.45) is 0 Å². The molecule has 5 nitrogen and oxygen atoms in total. The molecular formula is C18H18IN3O2S. The van der Waals surface area contributed by atoms with Crippen molar-refractivity contribution in [1.82, 2.24) is 9.97 Å². The Kier molecular flexibility index (Phi) is 5.85. The lowest BCUT2D eigenvalue weighted by Gasteiger charge is -2.17. The number of rotatable bonds is 6. The highest BCUT2D eigenvalue weighted by atomic mass is 127. The van der Waals surface area contributed by atoms with Gasteiger partial charge in [0.15, 0.2) is 0 Å². The summed E-state index contributed by atoms with van der Waals surface area (Å²) in [5.74, 6) is 0.369. The van der Waals surface area contributed by atoms with Gasteiger partial charge in [-0.05, 0) is 34.6 Å². The molecule has 130 valence electrons. The number of carbonyl (C=O) groups is 1. The summed E-state index contributed by atoms with van der Waals surface area (Å²) in [4.78, 5) is 23.2. The minimum Gasteiger partial charge on any atom is -0.467 e. The third-order valence-corrected chi connectivity index (χ3v) is 6.70. The van der Waals surface area contributed by atoms with E-state index in [1.165, 1.54) is 18.3 Å². The number of thiophene rings is 1. The monoisotopic (exact) mass is 467 g/mol. The van der Waals surface area contributed by atoms with Gasteiger partial charge in [0, 0.05) is 14.9 Å². The minimum atomic E-state index is -0.508. The standard InChI is InChI=1S/C18H18IN3O2S/c1-3-13-15(19)14-16(20-10-21-17(14)25-13)22-12(18(23)24-2)9-11-7-5-4-6-8-11/h4-8,10,12H,3,9H2,1-2H3,(H,20,21,22). The van der Waals surface area contributed by atoms with Crippen LogP contribution in [-0.2, 0) is 22.4 Å². The first kappa shape index (κ1) is 18.1. The Balaban J connectivity index is 1.95. The lowest BCUT2D eigenvalue weighted by atomic mass is 10.1. The van der Waals surface area contributed by atoms with E-state index in [2.05, 4.69) is 44.8 Å². The number of ether oxygens (including phenoxy) is 1. The van der Waals surface area contributed by atoms with E-state index in [0.717, 1.165) is 25.8 Å². The highest BCUT2D eigenvalue weighted by Gasteiger charge is 2.23. The average Bonchev–Trinajstić information content (AvgIpc) is 2.98. The number of esters is 1. The van der Waals surface area contributed by atoms with Crippen LogP contribution >= 0.6 is 33.9 Å². The molecule has 0 aliphatic rings. The number of methoxy groups -OCH3 is 1. The van der Waals surface area contributed by atoms with Crippen LogP contribution in [0.4, 0.5) is 5.82 Å². The van der Waals surface area contributed by atoms with Crippen LogP contribution in [0.1, 0.15) is 17.4 Å². The molecule has 1 aromatic carbocycles. The van der Waals surface area contributed by atoms with Crippen molar-refractivity contribution in [3.05, 3.63) is 50.7 Å². The van der Waals surface area contributed by atoms with Crippen LogP contribution in [0.5, 0.6) is 0 Å². The first-order chi connectivity index (χ1) is 12.1. The maximum Gasteiger partial charge on any atom is 0.328 e. The van der Waals surface area contributed by atoms with Crippen LogP contribution in [0.25, 0.3) is 10.2 Å². The molecule has 0 spiro atoms. The first-order valence-electron chi connectivity index (χ1n) is 7.94. The Morgan fingerprint density at radius 3 is 2.76 bits per heavy atom. The van der Waals surface area contributed by atoms with Crippen molar-refractivity contribution in [2.75, 3.05) is 12.4 Å². The maximum absolute atomic E-state index is 12.3. The summed E-state index contributed by atoms with van der Waals surface area (Å²) in [6.07, 6.45) is 3.01. The molecule has 1 atom stereocenters. The number of benzene rings is 1. The van der Waals surface area contributed by atoms with Crippen LogP contribution in [0.15, 0.2) is 36.7 Å². The molecule has 1 N–H and O–H groups in total. The molecule has 3 aromatic rings. The quantitative estimate of drug-likeness (QED) is 0.438. The summed E-state index contributed by atoms with van der Waals surface area (Å²) in [6, 6.07) is 9.36. The van der Waals surface area contributed by atoms with Crippen LogP contribution in [0.3, 0.4) is 0 Å². The number of nitrogens with zero attached hydrogens (tertiary/aromatic N) is 2. The lowest BCUT2D eigenvalue weighted by Crippen LogP contribution is -2.33. The average molecular weight is 467 g/mol. The van der Waals surface area contributed by atoms with Gasteiger partial charge in [-0.15, -0.1) is 11.3 Å². The van der Waals surface area contributed by atoms with Gasteiger partial charge in [0.05, 0.1) is 12.5 Å². The van der Waals surface area contributed by atoms with E-state index in [1.54, 1.807) is 11.3 Å². The second kappa shape index (κ2) is 8.09. The van der Waals surface area contributed by atoms with Crippen LogP contribution in [-0.4, -0.2) is 29.1 Å². The number of hydrogen-bond donors (Lipinski definition) is 1. The molecule has 0 saturated heterocycles. The summed E-state index contributed by atoms with van der Waals surface area (Å²) in [5.41, 5.74) is 1.06. The summed E-state index contributed by atoms with van der Waals surface area (Å²) in [6.45, 7) is 2.13. The van der Waals surface area contributed by atoms with E-state index < -0.39 is 6.04 Å². The number of fused-ring (bicyclic) bond motifs is 1. The van der Waals surface area contributed by atoms with E-state index in [1.807, 2.05) is 30.3 Å². The third-order valence-electron chi connectivity index (χ3n) is 3.90. The van der Waals surface area contributed by atoms with Crippen molar-refractivity contribution in [1.29, 1.82) is 0 Å². The smallest absolute Gasteiger partial charge is 0.328 e. The maximum atomic E-state index is 12.3. The fourth-order valence-corrected chi connectivity index (χ4v) is 5.01. The predicted octanol–water partition coefficient (Wildman–Crippen LogP) is 4.05. The summed E-state index contributed by atoms with van der Waals surface area (Å²) < 4.78 is 6.13. The third kappa shape index (κ3) is 3.92. The molecule has 7 heteroatoms. The zero-order valence-corrected chi connectivity index (χ0v) is 16.9. The molecule has 0 amide bonds. The molecule has 0 aliphatic carbocycles. The van der Waals surface area contributed by atoms with Gasteiger partial charge in [-0.1, -0.05) is 37.3 Å². The Hall–Kier alpha value is -1.74. The highest BCUT2D eigenvalue weighted by molar-refractivity contribution is 14.1. The van der Waals surface area contributed by atoms with Gasteiger partial charge < -0.3 is 10.1 Å². The normalized spacial score (nSPS) is 12.1. The first-order valence-corrected chi connectivity index (χ1v) is 9.83. The molecule has 1 unspecified atom stereocenters. The van der Waals surface area contributed by atoms with Crippen molar-refractivity contribution in [3.63, 3.8) is 0 Å². The van der Waals surface area contributed by atoms with Gasteiger partial charge in [-0.3, -0.25) is 0 Å². The zero-order valence-electron chi connectivity index (χ0n) is 14.0. The Morgan fingerprint density at radius 1 is 1.32 bits per heavy atom. The van der Waals surface area contributed by atoms with Crippen molar-refractivity contribution >= 4 is 55.9 Å². The van der Waals surface area contributed by atoms with Gasteiger partial charge in [-0.2, -0.15) is 0 Å². The summed E-state index contributed by atoms with van der Waals surface area (Å²) in [7, 11) is 1.40. The summed E-state index contributed by atoms with van der Waals surface area (Å²) in [5, 5.41) is 4.25. The van der Waals surface area contributed by atoms with Crippen molar-refractivity contribution in [3.8, 4) is 0 Å². The lowest BCUT2D eigenvalue weighted by molar-refractivity contribution is -0.141. The van der Waals surface area contributed by atoms with Gasteiger partial charge in [0.1, 0.15) is 23.0 Å². The fraction of sp³-hybridized carbons (Fsp3) is 0.278. The van der Waals surface area contributed by atoms with Crippen LogP contribution in [0, 0.1) is 3.57 Å². The molecule has 3 rings (SSSR count).